The summed E-state index contributed by atoms with van der Waals surface area (Å²) in [5.41, 5.74) is 2.12. The van der Waals surface area contributed by atoms with Gasteiger partial charge in [0.2, 0.25) is 0 Å². The van der Waals surface area contributed by atoms with Gasteiger partial charge in [0.1, 0.15) is 15.5 Å². The number of thiophene rings is 2. The van der Waals surface area contributed by atoms with Gasteiger partial charge >= 0.3 is 0 Å². The van der Waals surface area contributed by atoms with E-state index in [9.17, 15) is 9.59 Å². The number of nitrogens with one attached hydrogen (secondary N) is 1. The summed E-state index contributed by atoms with van der Waals surface area (Å²) in [6, 6.07) is 0. The van der Waals surface area contributed by atoms with Gasteiger partial charge in [0, 0.05) is 16.8 Å². The lowest BCUT2D eigenvalue weighted by molar-refractivity contribution is 0.694. The van der Waals surface area contributed by atoms with Crippen LogP contribution >= 0.6 is 34.4 Å². The second-order valence-electron chi connectivity index (χ2n) is 7.82. The Kier molecular flexibility index (Phi) is 4.87. The summed E-state index contributed by atoms with van der Waals surface area (Å²) in [5, 5.41) is 1.98. The molecule has 1 N–H and O–H groups in total. The Balaban J connectivity index is 1.55. The van der Waals surface area contributed by atoms with Crippen molar-refractivity contribution in [1.82, 2.24) is 19.5 Å². The average Bonchev–Trinajstić information content (AvgIpc) is 3.22. The molecule has 0 amide bonds. The van der Waals surface area contributed by atoms with E-state index in [2.05, 4.69) is 4.98 Å². The van der Waals surface area contributed by atoms with Gasteiger partial charge in [-0.3, -0.25) is 14.2 Å². The molecule has 0 saturated heterocycles. The number of H-pyrrole nitrogens is 1. The van der Waals surface area contributed by atoms with E-state index >= 15 is 0 Å². The summed E-state index contributed by atoms with van der Waals surface area (Å²) in [6.07, 6.45) is 4.34. The van der Waals surface area contributed by atoms with Crippen LogP contribution < -0.4 is 11.1 Å². The third-order valence-electron chi connectivity index (χ3n) is 5.88. The minimum absolute atomic E-state index is 0.0236. The standard InChI is InChI=1S/C21H22N4O2S3/c1-9-10(2)28-18-14(9)17(26)22-16(23-18)11(3)29-21-24-19-15(20(27)25(21)4)12-7-5-6-8-13(12)30-19/h11H,5-8H2,1-4H3,(H,22,23,26). The number of hydrogen-bond donors (Lipinski definition) is 1. The Hall–Kier alpha value is -1.97. The fourth-order valence-electron chi connectivity index (χ4n) is 4.05. The summed E-state index contributed by atoms with van der Waals surface area (Å²) in [7, 11) is 1.78. The molecule has 6 nitrogen and oxygen atoms in total. The molecule has 5 rings (SSSR count). The number of hydrogen-bond acceptors (Lipinski definition) is 7. The fourth-order valence-corrected chi connectivity index (χ4v) is 7.32. The van der Waals surface area contributed by atoms with Crippen LogP contribution in [0.3, 0.4) is 0 Å². The molecular weight excluding hydrogens is 436 g/mol. The van der Waals surface area contributed by atoms with Crippen molar-refractivity contribution in [3.8, 4) is 0 Å². The SMILES string of the molecule is Cc1sc2nc(C(C)Sc3nc4sc5c(c4c(=O)n3C)CCCC5)[nH]c(=O)c2c1C. The van der Waals surface area contributed by atoms with Crippen molar-refractivity contribution in [1.29, 1.82) is 0 Å². The highest BCUT2D eigenvalue weighted by Gasteiger charge is 2.23. The first-order chi connectivity index (χ1) is 14.3. The Morgan fingerprint density at radius 1 is 1.07 bits per heavy atom. The first-order valence-electron chi connectivity index (χ1n) is 10.0. The Bertz CT molecular complexity index is 1430. The fraction of sp³-hybridized carbons (Fsp3) is 0.429. The van der Waals surface area contributed by atoms with Gasteiger partial charge in [-0.25, -0.2) is 9.97 Å². The van der Waals surface area contributed by atoms with Crippen LogP contribution in [0, 0.1) is 13.8 Å². The smallest absolute Gasteiger partial charge is 0.262 e. The van der Waals surface area contributed by atoms with E-state index in [1.807, 2.05) is 20.8 Å². The van der Waals surface area contributed by atoms with E-state index in [1.54, 1.807) is 34.3 Å². The largest absolute Gasteiger partial charge is 0.309 e. The van der Waals surface area contributed by atoms with E-state index in [-0.39, 0.29) is 16.4 Å². The summed E-state index contributed by atoms with van der Waals surface area (Å²) in [5.74, 6) is 0.610. The maximum Gasteiger partial charge on any atom is 0.262 e. The number of aromatic nitrogens is 4. The number of thioether (sulfide) groups is 1. The van der Waals surface area contributed by atoms with E-state index in [4.69, 9.17) is 9.97 Å². The van der Waals surface area contributed by atoms with Gasteiger partial charge in [-0.2, -0.15) is 0 Å². The molecular formula is C21H22N4O2S3. The predicted octanol–water partition coefficient (Wildman–Crippen LogP) is 4.64. The monoisotopic (exact) mass is 458 g/mol. The maximum atomic E-state index is 13.1. The Morgan fingerprint density at radius 2 is 1.80 bits per heavy atom. The van der Waals surface area contributed by atoms with Crippen molar-refractivity contribution in [2.24, 2.45) is 7.05 Å². The number of rotatable bonds is 3. The van der Waals surface area contributed by atoms with Gasteiger partial charge in [-0.15, -0.1) is 22.7 Å². The van der Waals surface area contributed by atoms with Crippen LogP contribution in [0.5, 0.6) is 0 Å². The molecule has 4 aromatic heterocycles. The maximum absolute atomic E-state index is 13.1. The van der Waals surface area contributed by atoms with Crippen LogP contribution in [0.2, 0.25) is 0 Å². The van der Waals surface area contributed by atoms with Crippen molar-refractivity contribution < 1.29 is 0 Å². The Labute approximate surface area is 185 Å². The molecule has 156 valence electrons. The average molecular weight is 459 g/mol. The highest BCUT2D eigenvalue weighted by Crippen LogP contribution is 2.37. The zero-order valence-electron chi connectivity index (χ0n) is 17.3. The lowest BCUT2D eigenvalue weighted by Crippen LogP contribution is -2.21. The van der Waals surface area contributed by atoms with Gasteiger partial charge < -0.3 is 4.98 Å². The second kappa shape index (κ2) is 7.32. The minimum Gasteiger partial charge on any atom is -0.309 e. The van der Waals surface area contributed by atoms with Crippen molar-refractivity contribution in [3.05, 3.63) is 47.4 Å². The molecule has 0 fully saturated rings. The molecule has 0 bridgehead atoms. The van der Waals surface area contributed by atoms with E-state index in [0.717, 1.165) is 44.8 Å². The molecule has 30 heavy (non-hydrogen) atoms. The zero-order valence-corrected chi connectivity index (χ0v) is 19.7. The lowest BCUT2D eigenvalue weighted by Gasteiger charge is -2.13. The van der Waals surface area contributed by atoms with Gasteiger partial charge in [0.25, 0.3) is 11.1 Å². The molecule has 0 radical (unpaired) electrons. The van der Waals surface area contributed by atoms with Crippen molar-refractivity contribution in [3.63, 3.8) is 0 Å². The first kappa shape index (κ1) is 20.0. The number of aromatic amines is 1. The number of fused-ring (bicyclic) bond motifs is 4. The highest BCUT2D eigenvalue weighted by atomic mass is 32.2. The molecule has 1 aliphatic carbocycles. The van der Waals surface area contributed by atoms with Crippen molar-refractivity contribution in [2.45, 2.75) is 56.9 Å². The molecule has 1 aliphatic rings. The molecule has 1 atom stereocenters. The van der Waals surface area contributed by atoms with Crippen LogP contribution in [0.25, 0.3) is 20.4 Å². The van der Waals surface area contributed by atoms with Gasteiger partial charge in [-0.05, 0) is 57.6 Å². The van der Waals surface area contributed by atoms with Crippen molar-refractivity contribution >= 4 is 54.9 Å². The minimum atomic E-state index is -0.144. The first-order valence-corrected chi connectivity index (χ1v) is 12.5. The van der Waals surface area contributed by atoms with E-state index < -0.39 is 0 Å². The topological polar surface area (TPSA) is 80.6 Å². The third-order valence-corrected chi connectivity index (χ3v) is 9.32. The molecule has 1 unspecified atom stereocenters. The number of aryl methyl sites for hydroxylation is 4. The summed E-state index contributed by atoms with van der Waals surface area (Å²) in [6.45, 7) is 5.95. The van der Waals surface area contributed by atoms with Crippen LogP contribution in [0.4, 0.5) is 0 Å². The lowest BCUT2D eigenvalue weighted by atomic mass is 9.97. The van der Waals surface area contributed by atoms with E-state index in [0.29, 0.717) is 16.4 Å². The molecule has 0 aliphatic heterocycles. The molecule has 0 aromatic carbocycles. The summed E-state index contributed by atoms with van der Waals surface area (Å²) in [4.78, 5) is 42.3. The molecule has 0 spiro atoms. The van der Waals surface area contributed by atoms with Crippen LogP contribution in [-0.4, -0.2) is 19.5 Å². The van der Waals surface area contributed by atoms with Gasteiger partial charge in [-0.1, -0.05) is 11.8 Å². The van der Waals surface area contributed by atoms with Crippen LogP contribution in [0.15, 0.2) is 14.7 Å². The highest BCUT2D eigenvalue weighted by molar-refractivity contribution is 7.99. The predicted molar refractivity (Wildman–Crippen MR) is 125 cm³/mol. The summed E-state index contributed by atoms with van der Waals surface area (Å²) >= 11 is 4.66. The quantitative estimate of drug-likeness (QED) is 0.357. The molecule has 4 heterocycles. The second-order valence-corrected chi connectivity index (χ2v) is 11.4. The zero-order chi connectivity index (χ0) is 21.2. The van der Waals surface area contributed by atoms with Crippen LogP contribution in [-0.2, 0) is 19.9 Å². The number of nitrogens with zero attached hydrogens (tertiary/aromatic N) is 3. The van der Waals surface area contributed by atoms with Gasteiger partial charge in [0.05, 0.1) is 16.0 Å². The van der Waals surface area contributed by atoms with Crippen LogP contribution in [0.1, 0.15) is 51.7 Å². The van der Waals surface area contributed by atoms with E-state index in [1.165, 1.54) is 28.6 Å². The Morgan fingerprint density at radius 3 is 2.60 bits per heavy atom. The normalized spacial score (nSPS) is 15.1. The third kappa shape index (κ3) is 3.06. The van der Waals surface area contributed by atoms with Crippen molar-refractivity contribution in [2.75, 3.05) is 0 Å². The molecule has 9 heteroatoms. The van der Waals surface area contributed by atoms with Gasteiger partial charge in [0.15, 0.2) is 5.16 Å². The summed E-state index contributed by atoms with van der Waals surface area (Å²) < 4.78 is 1.64. The molecule has 4 aromatic rings. The molecule has 0 saturated carbocycles.